The van der Waals surface area contributed by atoms with Crippen molar-refractivity contribution in [2.75, 3.05) is 26.2 Å². The van der Waals surface area contributed by atoms with E-state index in [0.717, 1.165) is 6.54 Å². The summed E-state index contributed by atoms with van der Waals surface area (Å²) in [5.41, 5.74) is 9.12. The molecule has 0 saturated carbocycles. The third-order valence-corrected chi connectivity index (χ3v) is 4.70. The van der Waals surface area contributed by atoms with Gasteiger partial charge in [0.15, 0.2) is 0 Å². The molecule has 0 amide bonds. The number of benzene rings is 1. The van der Waals surface area contributed by atoms with Gasteiger partial charge in [0.25, 0.3) is 0 Å². The van der Waals surface area contributed by atoms with E-state index in [1.807, 2.05) is 0 Å². The first-order valence-corrected chi connectivity index (χ1v) is 7.70. The Morgan fingerprint density at radius 2 is 1.79 bits per heavy atom. The Labute approximate surface area is 118 Å². The molecule has 0 bridgehead atoms. The van der Waals surface area contributed by atoms with Gasteiger partial charge < -0.3 is 10.6 Å². The maximum atomic E-state index is 6.14. The lowest BCUT2D eigenvalue weighted by Gasteiger charge is -2.41. The summed E-state index contributed by atoms with van der Waals surface area (Å²) in [6, 6.07) is 9.00. The van der Waals surface area contributed by atoms with Crippen LogP contribution in [0.15, 0.2) is 24.3 Å². The summed E-state index contributed by atoms with van der Waals surface area (Å²) in [4.78, 5) is 2.60. The summed E-state index contributed by atoms with van der Waals surface area (Å²) in [7, 11) is 0. The Bertz CT molecular complexity index is 375. The summed E-state index contributed by atoms with van der Waals surface area (Å²) in [5.74, 6) is 0. The highest BCUT2D eigenvalue weighted by Crippen LogP contribution is 2.34. The molecule has 0 aliphatic carbocycles. The van der Waals surface area contributed by atoms with Gasteiger partial charge in [-0.15, -0.1) is 0 Å². The van der Waals surface area contributed by atoms with Crippen molar-refractivity contribution >= 4 is 0 Å². The van der Waals surface area contributed by atoms with E-state index in [1.165, 1.54) is 56.4 Å². The molecule has 19 heavy (non-hydrogen) atoms. The fourth-order valence-corrected chi connectivity index (χ4v) is 3.10. The van der Waals surface area contributed by atoms with E-state index in [0.29, 0.717) is 0 Å². The molecule has 106 valence electrons. The van der Waals surface area contributed by atoms with E-state index in [9.17, 15) is 0 Å². The van der Waals surface area contributed by atoms with Crippen LogP contribution >= 0.6 is 0 Å². The van der Waals surface area contributed by atoms with E-state index in [4.69, 9.17) is 5.73 Å². The average Bonchev–Trinajstić information content (AvgIpc) is 2.46. The molecule has 0 aromatic heterocycles. The first-order chi connectivity index (χ1) is 9.20. The van der Waals surface area contributed by atoms with Crippen LogP contribution in [0.1, 0.15) is 43.7 Å². The molecule has 1 aliphatic rings. The predicted octanol–water partition coefficient (Wildman–Crippen LogP) is 3.09. The molecule has 2 N–H and O–H groups in total. The summed E-state index contributed by atoms with van der Waals surface area (Å²) in [6.45, 7) is 8.84. The monoisotopic (exact) mass is 260 g/mol. The lowest BCUT2D eigenvalue weighted by molar-refractivity contribution is 0.160. The number of piperidine rings is 1. The number of likely N-dealkylation sites (tertiary alicyclic amines) is 1. The number of hydrogen-bond acceptors (Lipinski definition) is 2. The van der Waals surface area contributed by atoms with E-state index in [2.05, 4.69) is 43.0 Å². The van der Waals surface area contributed by atoms with Crippen LogP contribution in [0.4, 0.5) is 0 Å². The smallest absolute Gasteiger partial charge is 0.00998 e. The van der Waals surface area contributed by atoms with Crippen molar-refractivity contribution in [1.29, 1.82) is 0 Å². The molecule has 2 nitrogen and oxygen atoms in total. The van der Waals surface area contributed by atoms with Crippen LogP contribution in [0.5, 0.6) is 0 Å². The van der Waals surface area contributed by atoms with Gasteiger partial charge in [0.05, 0.1) is 0 Å². The van der Waals surface area contributed by atoms with E-state index < -0.39 is 0 Å². The average molecular weight is 260 g/mol. The van der Waals surface area contributed by atoms with Crippen molar-refractivity contribution in [3.63, 3.8) is 0 Å². The highest BCUT2D eigenvalue weighted by atomic mass is 15.1. The number of unbranched alkanes of at least 4 members (excludes halogenated alkanes) is 1. The van der Waals surface area contributed by atoms with Crippen LogP contribution in [-0.2, 0) is 5.41 Å². The van der Waals surface area contributed by atoms with Crippen LogP contribution in [0, 0.1) is 6.92 Å². The first kappa shape index (κ1) is 14.5. The van der Waals surface area contributed by atoms with Crippen LogP contribution in [0.3, 0.4) is 0 Å². The molecule has 0 radical (unpaired) electrons. The summed E-state index contributed by atoms with van der Waals surface area (Å²) < 4.78 is 0. The zero-order valence-electron chi connectivity index (χ0n) is 12.5. The number of nitrogens with zero attached hydrogens (tertiary/aromatic N) is 1. The molecule has 1 fully saturated rings. The lowest BCUT2D eigenvalue weighted by Crippen LogP contribution is -2.46. The maximum Gasteiger partial charge on any atom is 0.00998 e. The van der Waals surface area contributed by atoms with Crippen molar-refractivity contribution in [1.82, 2.24) is 4.90 Å². The minimum Gasteiger partial charge on any atom is -0.330 e. The Kier molecular flexibility index (Phi) is 5.00. The van der Waals surface area contributed by atoms with Gasteiger partial charge in [0, 0.05) is 12.0 Å². The zero-order chi connectivity index (χ0) is 13.7. The van der Waals surface area contributed by atoms with E-state index in [1.54, 1.807) is 0 Å². The van der Waals surface area contributed by atoms with Gasteiger partial charge in [-0.3, -0.25) is 0 Å². The second-order valence-electron chi connectivity index (χ2n) is 6.05. The standard InChI is InChI=1S/C17H28N2/c1-3-4-11-19-12-9-17(14-18,10-13-19)16-7-5-15(2)6-8-16/h5-8H,3-4,9-14,18H2,1-2H3. The molecular formula is C17H28N2. The Morgan fingerprint density at radius 3 is 2.32 bits per heavy atom. The van der Waals surface area contributed by atoms with Crippen molar-refractivity contribution in [3.8, 4) is 0 Å². The molecule has 1 heterocycles. The first-order valence-electron chi connectivity index (χ1n) is 7.70. The summed E-state index contributed by atoms with van der Waals surface area (Å²) in [5, 5.41) is 0. The van der Waals surface area contributed by atoms with E-state index >= 15 is 0 Å². The molecule has 2 rings (SSSR count). The van der Waals surface area contributed by atoms with Crippen LogP contribution < -0.4 is 5.73 Å². The quantitative estimate of drug-likeness (QED) is 0.881. The fourth-order valence-electron chi connectivity index (χ4n) is 3.10. The topological polar surface area (TPSA) is 29.3 Å². The number of aryl methyl sites for hydroxylation is 1. The normalized spacial score (nSPS) is 19.5. The highest BCUT2D eigenvalue weighted by Gasteiger charge is 2.34. The largest absolute Gasteiger partial charge is 0.330 e. The third kappa shape index (κ3) is 3.37. The van der Waals surface area contributed by atoms with Gasteiger partial charge in [-0.2, -0.15) is 0 Å². The number of rotatable bonds is 5. The minimum absolute atomic E-state index is 0.219. The molecule has 1 aromatic rings. The fraction of sp³-hybridized carbons (Fsp3) is 0.647. The minimum atomic E-state index is 0.219. The summed E-state index contributed by atoms with van der Waals surface area (Å²) >= 11 is 0. The molecule has 1 saturated heterocycles. The van der Waals surface area contributed by atoms with Gasteiger partial charge in [-0.05, 0) is 51.4 Å². The Hall–Kier alpha value is -0.860. The molecule has 0 unspecified atom stereocenters. The summed E-state index contributed by atoms with van der Waals surface area (Å²) in [6.07, 6.45) is 5.02. The molecule has 1 aliphatic heterocycles. The van der Waals surface area contributed by atoms with Crippen molar-refractivity contribution < 1.29 is 0 Å². The van der Waals surface area contributed by atoms with Gasteiger partial charge in [-0.25, -0.2) is 0 Å². The SMILES string of the molecule is CCCCN1CCC(CN)(c2ccc(C)cc2)CC1. The van der Waals surface area contributed by atoms with Gasteiger partial charge in [-0.1, -0.05) is 43.2 Å². The number of nitrogens with two attached hydrogens (primary N) is 1. The predicted molar refractivity (Wildman–Crippen MR) is 82.5 cm³/mol. The van der Waals surface area contributed by atoms with Crippen LogP contribution in [0.2, 0.25) is 0 Å². The lowest BCUT2D eigenvalue weighted by atomic mass is 9.72. The van der Waals surface area contributed by atoms with Crippen molar-refractivity contribution in [2.24, 2.45) is 5.73 Å². The van der Waals surface area contributed by atoms with E-state index in [-0.39, 0.29) is 5.41 Å². The highest BCUT2D eigenvalue weighted by molar-refractivity contribution is 5.30. The number of hydrogen-bond donors (Lipinski definition) is 1. The molecule has 0 atom stereocenters. The molecule has 1 aromatic carbocycles. The van der Waals surface area contributed by atoms with Gasteiger partial charge in [0.1, 0.15) is 0 Å². The van der Waals surface area contributed by atoms with Crippen molar-refractivity contribution in [3.05, 3.63) is 35.4 Å². The molecular weight excluding hydrogens is 232 g/mol. The maximum absolute atomic E-state index is 6.14. The Balaban J connectivity index is 2.03. The van der Waals surface area contributed by atoms with Gasteiger partial charge >= 0.3 is 0 Å². The molecule has 0 spiro atoms. The Morgan fingerprint density at radius 1 is 1.16 bits per heavy atom. The molecule has 2 heteroatoms. The van der Waals surface area contributed by atoms with Crippen LogP contribution in [0.25, 0.3) is 0 Å². The van der Waals surface area contributed by atoms with Crippen molar-refractivity contribution in [2.45, 2.75) is 44.9 Å². The van der Waals surface area contributed by atoms with Crippen LogP contribution in [-0.4, -0.2) is 31.1 Å². The second-order valence-corrected chi connectivity index (χ2v) is 6.05. The third-order valence-electron chi connectivity index (χ3n) is 4.70. The van der Waals surface area contributed by atoms with Gasteiger partial charge in [0.2, 0.25) is 0 Å². The zero-order valence-corrected chi connectivity index (χ0v) is 12.5. The second kappa shape index (κ2) is 6.53.